The van der Waals surface area contributed by atoms with Gasteiger partial charge in [0.15, 0.2) is 5.96 Å². The minimum absolute atomic E-state index is 0.635. The molecule has 5 nitrogen and oxygen atoms in total. The van der Waals surface area contributed by atoms with Crippen LogP contribution in [0.1, 0.15) is 5.56 Å². The number of guanidine groups is 1. The number of morpholine rings is 1. The van der Waals surface area contributed by atoms with E-state index in [4.69, 9.17) is 14.5 Å². The predicted molar refractivity (Wildman–Crippen MR) is 96.6 cm³/mol. The van der Waals surface area contributed by atoms with Gasteiger partial charge < -0.3 is 19.7 Å². The number of anilines is 1. The van der Waals surface area contributed by atoms with E-state index >= 15 is 0 Å². The maximum Gasteiger partial charge on any atom is 0.199 e. The molecule has 1 aliphatic heterocycles. The molecule has 0 aromatic heterocycles. The number of nitrogens with one attached hydrogen (secondary N) is 1. The summed E-state index contributed by atoms with van der Waals surface area (Å²) in [6, 6.07) is 18.1. The molecule has 0 radical (unpaired) electrons. The average molecular weight is 325 g/mol. The Labute approximate surface area is 142 Å². The summed E-state index contributed by atoms with van der Waals surface area (Å²) in [4.78, 5) is 7.03. The van der Waals surface area contributed by atoms with E-state index in [1.54, 1.807) is 7.11 Å². The van der Waals surface area contributed by atoms with Crippen LogP contribution in [-0.2, 0) is 11.3 Å². The quantitative estimate of drug-likeness (QED) is 0.693. The fraction of sp³-hybridized carbons (Fsp3) is 0.316. The van der Waals surface area contributed by atoms with Crippen molar-refractivity contribution in [3.05, 3.63) is 60.2 Å². The number of benzene rings is 2. The lowest BCUT2D eigenvalue weighted by Crippen LogP contribution is -2.44. The van der Waals surface area contributed by atoms with Crippen LogP contribution in [0, 0.1) is 0 Å². The highest BCUT2D eigenvalue weighted by Crippen LogP contribution is 2.23. The SMILES string of the molecule is COc1ccccc1NC(=NCc1ccccc1)N1CCOCC1. The second kappa shape index (κ2) is 8.36. The summed E-state index contributed by atoms with van der Waals surface area (Å²) in [7, 11) is 1.68. The van der Waals surface area contributed by atoms with Gasteiger partial charge in [-0.1, -0.05) is 42.5 Å². The van der Waals surface area contributed by atoms with Crippen LogP contribution in [0.3, 0.4) is 0 Å². The van der Waals surface area contributed by atoms with E-state index in [9.17, 15) is 0 Å². The average Bonchev–Trinajstić information content (AvgIpc) is 2.67. The molecule has 5 heteroatoms. The first-order valence-corrected chi connectivity index (χ1v) is 8.18. The molecule has 0 saturated carbocycles. The van der Waals surface area contributed by atoms with E-state index in [1.807, 2.05) is 42.5 Å². The van der Waals surface area contributed by atoms with E-state index in [0.717, 1.165) is 43.7 Å². The first-order chi connectivity index (χ1) is 11.9. The Morgan fingerprint density at radius 3 is 2.54 bits per heavy atom. The van der Waals surface area contributed by atoms with Gasteiger partial charge in [0.2, 0.25) is 0 Å². The number of aliphatic imine (C=N–C) groups is 1. The smallest absolute Gasteiger partial charge is 0.199 e. The number of hydrogen-bond donors (Lipinski definition) is 1. The van der Waals surface area contributed by atoms with Crippen LogP contribution in [0.5, 0.6) is 5.75 Å². The number of methoxy groups -OCH3 is 1. The molecule has 0 aliphatic carbocycles. The standard InChI is InChI=1S/C19H23N3O2/c1-23-18-10-6-5-9-17(18)21-19(22-11-13-24-14-12-22)20-15-16-7-3-2-4-8-16/h2-10H,11-15H2,1H3,(H,20,21). The normalized spacial score (nSPS) is 15.2. The van der Waals surface area contributed by atoms with Gasteiger partial charge in [0.25, 0.3) is 0 Å². The molecule has 1 fully saturated rings. The Morgan fingerprint density at radius 2 is 1.79 bits per heavy atom. The van der Waals surface area contributed by atoms with E-state index in [1.165, 1.54) is 5.56 Å². The zero-order valence-corrected chi connectivity index (χ0v) is 13.9. The number of nitrogens with zero attached hydrogens (tertiary/aromatic N) is 2. The van der Waals surface area contributed by atoms with E-state index < -0.39 is 0 Å². The van der Waals surface area contributed by atoms with Gasteiger partial charge in [-0.3, -0.25) is 0 Å². The van der Waals surface area contributed by atoms with Crippen molar-refractivity contribution in [3.63, 3.8) is 0 Å². The minimum Gasteiger partial charge on any atom is -0.495 e. The van der Waals surface area contributed by atoms with Crippen LogP contribution in [0.4, 0.5) is 5.69 Å². The van der Waals surface area contributed by atoms with Crippen LogP contribution in [0.2, 0.25) is 0 Å². The highest BCUT2D eigenvalue weighted by atomic mass is 16.5. The number of para-hydroxylation sites is 2. The number of rotatable bonds is 4. The maximum atomic E-state index is 5.46. The lowest BCUT2D eigenvalue weighted by atomic mass is 10.2. The van der Waals surface area contributed by atoms with Crippen molar-refractivity contribution >= 4 is 11.6 Å². The Kier molecular flexibility index (Phi) is 5.69. The summed E-state index contributed by atoms with van der Waals surface area (Å²) in [6.45, 7) is 3.73. The maximum absolute atomic E-state index is 5.46. The van der Waals surface area contributed by atoms with Crippen molar-refractivity contribution in [2.45, 2.75) is 6.54 Å². The number of hydrogen-bond acceptors (Lipinski definition) is 3. The van der Waals surface area contributed by atoms with Crippen molar-refractivity contribution < 1.29 is 9.47 Å². The monoisotopic (exact) mass is 325 g/mol. The van der Waals surface area contributed by atoms with E-state index in [0.29, 0.717) is 6.54 Å². The van der Waals surface area contributed by atoms with Crippen LogP contribution >= 0.6 is 0 Å². The van der Waals surface area contributed by atoms with Crippen molar-refractivity contribution in [3.8, 4) is 5.75 Å². The molecule has 126 valence electrons. The van der Waals surface area contributed by atoms with Gasteiger partial charge in [-0.05, 0) is 17.7 Å². The Balaban J connectivity index is 1.81. The van der Waals surface area contributed by atoms with Gasteiger partial charge in [-0.15, -0.1) is 0 Å². The Morgan fingerprint density at radius 1 is 1.08 bits per heavy atom. The lowest BCUT2D eigenvalue weighted by molar-refractivity contribution is 0.0679. The third-order valence-electron chi connectivity index (χ3n) is 3.92. The van der Waals surface area contributed by atoms with Gasteiger partial charge in [-0.25, -0.2) is 4.99 Å². The summed E-state index contributed by atoms with van der Waals surface area (Å²) in [5, 5.41) is 3.43. The molecule has 1 aliphatic rings. The molecule has 0 unspecified atom stereocenters. The summed E-state index contributed by atoms with van der Waals surface area (Å²) in [6.07, 6.45) is 0. The van der Waals surface area contributed by atoms with Crippen LogP contribution < -0.4 is 10.1 Å². The molecule has 0 atom stereocenters. The summed E-state index contributed by atoms with van der Waals surface area (Å²) in [5.41, 5.74) is 2.10. The summed E-state index contributed by atoms with van der Waals surface area (Å²) < 4.78 is 10.9. The zero-order chi connectivity index (χ0) is 16.6. The molecule has 0 bridgehead atoms. The van der Waals surface area contributed by atoms with Crippen LogP contribution in [0.15, 0.2) is 59.6 Å². The third-order valence-corrected chi connectivity index (χ3v) is 3.92. The Hall–Kier alpha value is -2.53. The van der Waals surface area contributed by atoms with E-state index in [2.05, 4.69) is 22.3 Å². The summed E-state index contributed by atoms with van der Waals surface area (Å²) >= 11 is 0. The second-order valence-corrected chi connectivity index (χ2v) is 5.55. The van der Waals surface area contributed by atoms with Crippen LogP contribution in [0.25, 0.3) is 0 Å². The minimum atomic E-state index is 0.635. The molecule has 3 rings (SSSR count). The molecule has 1 heterocycles. The fourth-order valence-corrected chi connectivity index (χ4v) is 2.61. The lowest BCUT2D eigenvalue weighted by Gasteiger charge is -2.30. The molecular weight excluding hydrogens is 302 g/mol. The summed E-state index contributed by atoms with van der Waals surface area (Å²) in [5.74, 6) is 1.66. The van der Waals surface area contributed by atoms with Gasteiger partial charge >= 0.3 is 0 Å². The Bertz CT molecular complexity index is 667. The molecule has 1 N–H and O–H groups in total. The molecule has 2 aromatic carbocycles. The molecule has 1 saturated heterocycles. The zero-order valence-electron chi connectivity index (χ0n) is 13.9. The molecule has 0 amide bonds. The topological polar surface area (TPSA) is 46.1 Å². The van der Waals surface area contributed by atoms with Crippen molar-refractivity contribution in [2.24, 2.45) is 4.99 Å². The van der Waals surface area contributed by atoms with Gasteiger partial charge in [-0.2, -0.15) is 0 Å². The largest absolute Gasteiger partial charge is 0.495 e. The highest BCUT2D eigenvalue weighted by Gasteiger charge is 2.16. The van der Waals surface area contributed by atoms with E-state index in [-0.39, 0.29) is 0 Å². The first kappa shape index (κ1) is 16.3. The molecule has 0 spiro atoms. The second-order valence-electron chi connectivity index (χ2n) is 5.55. The van der Waals surface area contributed by atoms with Crippen molar-refractivity contribution in [1.82, 2.24) is 4.90 Å². The first-order valence-electron chi connectivity index (χ1n) is 8.18. The van der Waals surface area contributed by atoms with Crippen molar-refractivity contribution in [2.75, 3.05) is 38.7 Å². The highest BCUT2D eigenvalue weighted by molar-refractivity contribution is 5.95. The number of ether oxygens (including phenoxy) is 2. The third kappa shape index (κ3) is 4.26. The van der Waals surface area contributed by atoms with Gasteiger partial charge in [0.05, 0.1) is 32.6 Å². The van der Waals surface area contributed by atoms with Crippen molar-refractivity contribution in [1.29, 1.82) is 0 Å². The predicted octanol–water partition coefficient (Wildman–Crippen LogP) is 3.00. The molecule has 24 heavy (non-hydrogen) atoms. The van der Waals surface area contributed by atoms with Gasteiger partial charge in [0, 0.05) is 13.1 Å². The fourth-order valence-electron chi connectivity index (χ4n) is 2.61. The van der Waals surface area contributed by atoms with Gasteiger partial charge in [0.1, 0.15) is 5.75 Å². The molecule has 2 aromatic rings. The van der Waals surface area contributed by atoms with Crippen LogP contribution in [-0.4, -0.2) is 44.3 Å². The molecular formula is C19H23N3O2.